The Bertz CT molecular complexity index is 1030. The summed E-state index contributed by atoms with van der Waals surface area (Å²) in [5, 5.41) is 0. The van der Waals surface area contributed by atoms with Crippen molar-refractivity contribution in [1.29, 1.82) is 0 Å². The van der Waals surface area contributed by atoms with Gasteiger partial charge in [-0.05, 0) is 55.4 Å². The number of carbonyl (C=O) groups is 1. The molecule has 0 unspecified atom stereocenters. The van der Waals surface area contributed by atoms with Crippen LogP contribution in [0.4, 0.5) is 19.5 Å². The van der Waals surface area contributed by atoms with Crippen molar-refractivity contribution in [3.63, 3.8) is 0 Å². The lowest BCUT2D eigenvalue weighted by Crippen LogP contribution is -2.42. The maximum atomic E-state index is 14.3. The fourth-order valence-electron chi connectivity index (χ4n) is 4.85. The predicted octanol–water partition coefficient (Wildman–Crippen LogP) is 3.96. The SMILES string of the molecule is CC(C)COC(=O)N1CCC([C@H](C)Oc2cnc(N3C[C@H](c4cc(F)ccc4F)[C@@H](N)C3)nc2)CC1. The average molecular weight is 504 g/mol. The van der Waals surface area contributed by atoms with Crippen molar-refractivity contribution >= 4 is 12.0 Å². The first-order valence-corrected chi connectivity index (χ1v) is 12.6. The van der Waals surface area contributed by atoms with Crippen LogP contribution in [0.15, 0.2) is 30.6 Å². The lowest BCUT2D eigenvalue weighted by Gasteiger charge is -2.34. The van der Waals surface area contributed by atoms with Crippen LogP contribution in [0.5, 0.6) is 5.75 Å². The molecular weight excluding hydrogens is 468 g/mol. The largest absolute Gasteiger partial charge is 0.487 e. The van der Waals surface area contributed by atoms with E-state index >= 15 is 0 Å². The Hall–Kier alpha value is -3.01. The summed E-state index contributed by atoms with van der Waals surface area (Å²) >= 11 is 0. The summed E-state index contributed by atoms with van der Waals surface area (Å²) in [7, 11) is 0. The molecule has 8 nitrogen and oxygen atoms in total. The molecule has 2 saturated heterocycles. The first-order valence-electron chi connectivity index (χ1n) is 12.6. The van der Waals surface area contributed by atoms with Crippen LogP contribution in [-0.4, -0.2) is 65.9 Å². The number of hydrogen-bond acceptors (Lipinski definition) is 7. The number of benzene rings is 1. The number of nitrogens with zero attached hydrogens (tertiary/aromatic N) is 4. The molecule has 0 bridgehead atoms. The van der Waals surface area contributed by atoms with Crippen LogP contribution >= 0.6 is 0 Å². The number of halogens is 2. The van der Waals surface area contributed by atoms with Crippen molar-refractivity contribution in [2.24, 2.45) is 17.6 Å². The Morgan fingerprint density at radius 3 is 2.50 bits per heavy atom. The van der Waals surface area contributed by atoms with Crippen LogP contribution in [0, 0.1) is 23.5 Å². The van der Waals surface area contributed by atoms with Gasteiger partial charge in [-0.25, -0.2) is 23.5 Å². The summed E-state index contributed by atoms with van der Waals surface area (Å²) in [6, 6.07) is 3.08. The molecule has 3 atom stereocenters. The summed E-state index contributed by atoms with van der Waals surface area (Å²) in [6.45, 7) is 8.61. The van der Waals surface area contributed by atoms with Crippen LogP contribution in [-0.2, 0) is 4.74 Å². The molecule has 0 radical (unpaired) electrons. The zero-order valence-corrected chi connectivity index (χ0v) is 21.1. The number of hydrogen-bond donors (Lipinski definition) is 1. The zero-order chi connectivity index (χ0) is 25.8. The minimum absolute atomic E-state index is 0.0613. The van der Waals surface area contributed by atoms with Crippen LogP contribution in [0.2, 0.25) is 0 Å². The smallest absolute Gasteiger partial charge is 0.409 e. The van der Waals surface area contributed by atoms with Gasteiger partial charge in [0.25, 0.3) is 0 Å². The van der Waals surface area contributed by atoms with Crippen LogP contribution in [0.3, 0.4) is 0 Å². The number of nitrogens with two attached hydrogens (primary N) is 1. The lowest BCUT2D eigenvalue weighted by atomic mass is 9.92. The summed E-state index contributed by atoms with van der Waals surface area (Å²) < 4.78 is 39.3. The molecule has 2 aromatic rings. The highest BCUT2D eigenvalue weighted by Gasteiger charge is 2.34. The van der Waals surface area contributed by atoms with Crippen molar-refractivity contribution in [2.45, 2.75) is 51.7 Å². The molecule has 36 heavy (non-hydrogen) atoms. The number of anilines is 1. The molecule has 4 rings (SSSR count). The van der Waals surface area contributed by atoms with Gasteiger partial charge in [0.05, 0.1) is 25.1 Å². The highest BCUT2D eigenvalue weighted by molar-refractivity contribution is 5.67. The topological polar surface area (TPSA) is 93.8 Å². The summed E-state index contributed by atoms with van der Waals surface area (Å²) in [5.74, 6) is 0.343. The second kappa shape index (κ2) is 11.4. The van der Waals surface area contributed by atoms with Crippen molar-refractivity contribution in [1.82, 2.24) is 14.9 Å². The van der Waals surface area contributed by atoms with E-state index in [1.165, 1.54) is 6.07 Å². The normalized spacial score (nSPS) is 21.6. The minimum Gasteiger partial charge on any atom is -0.487 e. The van der Waals surface area contributed by atoms with Crippen LogP contribution in [0.25, 0.3) is 0 Å². The van der Waals surface area contributed by atoms with Gasteiger partial charge in [0.15, 0.2) is 5.75 Å². The third-order valence-corrected chi connectivity index (χ3v) is 6.94. The van der Waals surface area contributed by atoms with Gasteiger partial charge in [0.1, 0.15) is 11.6 Å². The van der Waals surface area contributed by atoms with Crippen LogP contribution < -0.4 is 15.4 Å². The second-order valence-corrected chi connectivity index (χ2v) is 10.2. The van der Waals surface area contributed by atoms with Gasteiger partial charge >= 0.3 is 6.09 Å². The summed E-state index contributed by atoms with van der Waals surface area (Å²) in [4.78, 5) is 24.7. The molecule has 196 valence electrons. The van der Waals surface area contributed by atoms with E-state index in [-0.39, 0.29) is 29.7 Å². The Kier molecular flexibility index (Phi) is 8.23. The third-order valence-electron chi connectivity index (χ3n) is 6.94. The minimum atomic E-state index is -0.486. The van der Waals surface area contributed by atoms with Gasteiger partial charge in [-0.2, -0.15) is 0 Å². The average Bonchev–Trinajstić information content (AvgIpc) is 3.25. The molecule has 0 saturated carbocycles. The van der Waals surface area contributed by atoms with Gasteiger partial charge in [0, 0.05) is 38.1 Å². The highest BCUT2D eigenvalue weighted by Crippen LogP contribution is 2.31. The second-order valence-electron chi connectivity index (χ2n) is 10.2. The van der Waals surface area contributed by atoms with Crippen molar-refractivity contribution in [3.8, 4) is 5.75 Å². The molecule has 2 N–H and O–H groups in total. The lowest BCUT2D eigenvalue weighted by molar-refractivity contribution is 0.0586. The summed E-state index contributed by atoms with van der Waals surface area (Å²) in [5.41, 5.74) is 6.53. The van der Waals surface area contributed by atoms with Crippen molar-refractivity contribution in [3.05, 3.63) is 47.8 Å². The molecule has 1 amide bonds. The van der Waals surface area contributed by atoms with E-state index in [4.69, 9.17) is 15.2 Å². The highest BCUT2D eigenvalue weighted by atomic mass is 19.1. The van der Waals surface area contributed by atoms with Crippen LogP contribution in [0.1, 0.15) is 45.1 Å². The number of aromatic nitrogens is 2. The molecule has 2 aliphatic heterocycles. The van der Waals surface area contributed by atoms with Gasteiger partial charge in [0.2, 0.25) is 5.95 Å². The molecule has 0 aliphatic carbocycles. The van der Waals surface area contributed by atoms with E-state index in [0.717, 1.165) is 25.0 Å². The van der Waals surface area contributed by atoms with E-state index in [9.17, 15) is 13.6 Å². The quantitative estimate of drug-likeness (QED) is 0.611. The fraction of sp³-hybridized carbons (Fsp3) is 0.577. The van der Waals surface area contributed by atoms with E-state index < -0.39 is 11.6 Å². The number of amides is 1. The number of rotatable bonds is 7. The first-order chi connectivity index (χ1) is 17.2. The van der Waals surface area contributed by atoms with Gasteiger partial charge in [-0.3, -0.25) is 0 Å². The molecule has 0 spiro atoms. The molecule has 1 aromatic heterocycles. The van der Waals surface area contributed by atoms with E-state index in [0.29, 0.717) is 56.3 Å². The van der Waals surface area contributed by atoms with E-state index in [1.54, 1.807) is 17.3 Å². The maximum absolute atomic E-state index is 14.3. The molecule has 10 heteroatoms. The third kappa shape index (κ3) is 6.21. The predicted molar refractivity (Wildman–Crippen MR) is 132 cm³/mol. The molecular formula is C26H35F2N5O3. The number of likely N-dealkylation sites (tertiary alicyclic amines) is 1. The number of ether oxygens (including phenoxy) is 2. The number of piperidine rings is 1. The molecule has 2 aliphatic rings. The molecule has 1 aromatic carbocycles. The molecule has 2 fully saturated rings. The first kappa shape index (κ1) is 26.1. The zero-order valence-electron chi connectivity index (χ0n) is 21.1. The van der Waals surface area contributed by atoms with Gasteiger partial charge < -0.3 is 25.0 Å². The van der Waals surface area contributed by atoms with Crippen molar-refractivity contribution in [2.75, 3.05) is 37.7 Å². The summed E-state index contributed by atoms with van der Waals surface area (Å²) in [6.07, 6.45) is 4.61. The Morgan fingerprint density at radius 2 is 1.83 bits per heavy atom. The molecule has 3 heterocycles. The van der Waals surface area contributed by atoms with E-state index in [2.05, 4.69) is 9.97 Å². The van der Waals surface area contributed by atoms with Gasteiger partial charge in [-0.1, -0.05) is 13.8 Å². The fourth-order valence-corrected chi connectivity index (χ4v) is 4.85. The Morgan fingerprint density at radius 1 is 1.14 bits per heavy atom. The van der Waals surface area contributed by atoms with Gasteiger partial charge in [-0.15, -0.1) is 0 Å². The number of carbonyl (C=O) groups excluding carboxylic acids is 1. The van der Waals surface area contributed by atoms with E-state index in [1.807, 2.05) is 25.7 Å². The standard InChI is InChI=1S/C26H35F2N5O3/c1-16(2)15-35-26(34)32-8-6-18(7-9-32)17(3)36-20-11-30-25(31-12-20)33-13-22(24(29)14-33)21-10-19(27)4-5-23(21)28/h4-5,10-12,16-18,22,24H,6-9,13-15,29H2,1-3H3/t17-,22+,24-/m0/s1. The monoisotopic (exact) mass is 503 g/mol. The Labute approximate surface area is 210 Å². The Balaban J connectivity index is 1.29. The van der Waals surface area contributed by atoms with Crippen molar-refractivity contribution < 1.29 is 23.0 Å². The maximum Gasteiger partial charge on any atom is 0.409 e.